The van der Waals surface area contributed by atoms with Crippen LogP contribution in [0.1, 0.15) is 38.2 Å². The molecule has 1 aliphatic carbocycles. The Hall–Kier alpha value is -2.04. The van der Waals surface area contributed by atoms with E-state index in [1.54, 1.807) is 0 Å². The second kappa shape index (κ2) is 7.11. The molecule has 0 radical (unpaired) electrons. The van der Waals surface area contributed by atoms with E-state index in [1.807, 2.05) is 24.3 Å². The Morgan fingerprint density at radius 3 is 2.38 bits per heavy atom. The van der Waals surface area contributed by atoms with Crippen LogP contribution in [0.4, 0.5) is 10.5 Å². The molecule has 0 heterocycles. The van der Waals surface area contributed by atoms with Crippen molar-refractivity contribution in [2.75, 3.05) is 11.9 Å². The number of rotatable bonds is 5. The van der Waals surface area contributed by atoms with E-state index in [9.17, 15) is 9.59 Å². The van der Waals surface area contributed by atoms with Gasteiger partial charge in [0.25, 0.3) is 0 Å². The van der Waals surface area contributed by atoms with Gasteiger partial charge in [-0.05, 0) is 37.0 Å². The number of carboxylic acids is 1. The highest BCUT2D eigenvalue weighted by molar-refractivity contribution is 5.91. The summed E-state index contributed by atoms with van der Waals surface area (Å²) >= 11 is 0. The topological polar surface area (TPSA) is 69.6 Å². The van der Waals surface area contributed by atoms with Crippen LogP contribution in [-0.2, 0) is 11.2 Å². The summed E-state index contributed by atoms with van der Waals surface area (Å²) < 4.78 is 0. The first-order valence-electron chi connectivity index (χ1n) is 7.48. The Morgan fingerprint density at radius 1 is 1.24 bits per heavy atom. The van der Waals surface area contributed by atoms with Gasteiger partial charge in [-0.25, -0.2) is 4.79 Å². The first kappa shape index (κ1) is 15.4. The lowest BCUT2D eigenvalue weighted by Crippen LogP contribution is -2.44. The molecule has 0 bridgehead atoms. The van der Waals surface area contributed by atoms with Crippen molar-refractivity contribution in [2.45, 2.75) is 45.1 Å². The normalized spacial score (nSPS) is 14.9. The molecule has 0 unspecified atom stereocenters. The summed E-state index contributed by atoms with van der Waals surface area (Å²) in [5.41, 5.74) is 1.90. The zero-order chi connectivity index (χ0) is 15.2. The third-order valence-corrected chi connectivity index (χ3v) is 3.95. The van der Waals surface area contributed by atoms with Crippen LogP contribution < -0.4 is 5.32 Å². The molecule has 5 heteroatoms. The van der Waals surface area contributed by atoms with Crippen LogP contribution in [0.5, 0.6) is 0 Å². The molecule has 1 aromatic carbocycles. The Morgan fingerprint density at radius 2 is 1.86 bits per heavy atom. The van der Waals surface area contributed by atoms with Gasteiger partial charge in [-0.3, -0.25) is 4.79 Å². The molecule has 0 aliphatic heterocycles. The number of anilines is 1. The predicted octanol–water partition coefficient (Wildman–Crippen LogP) is 3.11. The number of hydrogen-bond acceptors (Lipinski definition) is 2. The van der Waals surface area contributed by atoms with Crippen LogP contribution in [0.2, 0.25) is 0 Å². The summed E-state index contributed by atoms with van der Waals surface area (Å²) in [6, 6.07) is 7.35. The number of carbonyl (C=O) groups excluding carboxylic acids is 1. The number of nitrogens with zero attached hydrogens (tertiary/aromatic N) is 1. The molecule has 114 valence electrons. The van der Waals surface area contributed by atoms with Crippen molar-refractivity contribution in [3.8, 4) is 0 Å². The first-order valence-corrected chi connectivity index (χ1v) is 7.48. The molecular weight excluding hydrogens is 268 g/mol. The summed E-state index contributed by atoms with van der Waals surface area (Å²) in [5.74, 6) is -0.974. The molecule has 0 atom stereocenters. The number of aliphatic carboxylic acids is 1. The van der Waals surface area contributed by atoms with Crippen LogP contribution in [0.25, 0.3) is 0 Å². The summed E-state index contributed by atoms with van der Waals surface area (Å²) in [7, 11) is 0. The molecule has 21 heavy (non-hydrogen) atoms. The van der Waals surface area contributed by atoms with Crippen molar-refractivity contribution in [2.24, 2.45) is 0 Å². The second-order valence-corrected chi connectivity index (χ2v) is 5.44. The molecule has 5 nitrogen and oxygen atoms in total. The highest BCUT2D eigenvalue weighted by Gasteiger charge is 2.28. The number of amides is 2. The van der Waals surface area contributed by atoms with Crippen molar-refractivity contribution >= 4 is 17.7 Å². The van der Waals surface area contributed by atoms with Crippen LogP contribution in [0, 0.1) is 0 Å². The smallest absolute Gasteiger partial charge is 0.323 e. The van der Waals surface area contributed by atoms with E-state index in [-0.39, 0.29) is 18.6 Å². The van der Waals surface area contributed by atoms with Crippen molar-refractivity contribution < 1.29 is 14.7 Å². The van der Waals surface area contributed by atoms with Gasteiger partial charge in [-0.15, -0.1) is 0 Å². The maximum absolute atomic E-state index is 12.3. The maximum atomic E-state index is 12.3. The number of aryl methyl sites for hydroxylation is 1. The minimum absolute atomic E-state index is 0.0380. The molecule has 0 saturated heterocycles. The third-order valence-electron chi connectivity index (χ3n) is 3.95. The number of carbonyl (C=O) groups is 2. The van der Waals surface area contributed by atoms with E-state index in [2.05, 4.69) is 12.2 Å². The Bertz CT molecular complexity index is 493. The Labute approximate surface area is 125 Å². The van der Waals surface area contributed by atoms with Gasteiger partial charge in [0.2, 0.25) is 0 Å². The van der Waals surface area contributed by atoms with Gasteiger partial charge in [-0.2, -0.15) is 0 Å². The molecule has 0 aromatic heterocycles. The number of urea groups is 1. The monoisotopic (exact) mass is 290 g/mol. The number of nitrogens with one attached hydrogen (secondary N) is 1. The van der Waals surface area contributed by atoms with Gasteiger partial charge in [0.05, 0.1) is 0 Å². The van der Waals surface area contributed by atoms with Crippen molar-refractivity contribution in [3.05, 3.63) is 29.8 Å². The van der Waals surface area contributed by atoms with Gasteiger partial charge < -0.3 is 15.3 Å². The largest absolute Gasteiger partial charge is 0.480 e. The fourth-order valence-corrected chi connectivity index (χ4v) is 2.75. The van der Waals surface area contributed by atoms with Crippen molar-refractivity contribution in [1.29, 1.82) is 0 Å². The second-order valence-electron chi connectivity index (χ2n) is 5.44. The molecule has 1 aromatic rings. The van der Waals surface area contributed by atoms with E-state index >= 15 is 0 Å². The molecule has 2 amide bonds. The van der Waals surface area contributed by atoms with Crippen LogP contribution >= 0.6 is 0 Å². The van der Waals surface area contributed by atoms with Crippen LogP contribution in [0.15, 0.2) is 24.3 Å². The summed E-state index contributed by atoms with van der Waals surface area (Å²) in [5, 5.41) is 11.8. The van der Waals surface area contributed by atoms with Gasteiger partial charge in [-0.1, -0.05) is 31.9 Å². The highest BCUT2D eigenvalue weighted by atomic mass is 16.4. The lowest BCUT2D eigenvalue weighted by molar-refractivity contribution is -0.138. The van der Waals surface area contributed by atoms with E-state index < -0.39 is 5.97 Å². The molecule has 1 fully saturated rings. The number of benzene rings is 1. The standard InChI is InChI=1S/C16H22N2O3/c1-2-12-7-9-13(10-8-12)17-16(21)18(11-15(19)20)14-5-3-4-6-14/h7-10,14H,2-6,11H2,1H3,(H,17,21)(H,19,20). The Kier molecular flexibility index (Phi) is 5.20. The molecule has 1 aliphatic rings. The first-order chi connectivity index (χ1) is 10.1. The lowest BCUT2D eigenvalue weighted by Gasteiger charge is -2.27. The van der Waals surface area contributed by atoms with Crippen molar-refractivity contribution in [1.82, 2.24) is 4.90 Å². The van der Waals surface area contributed by atoms with Gasteiger partial charge in [0, 0.05) is 11.7 Å². The van der Waals surface area contributed by atoms with Crippen LogP contribution in [0.3, 0.4) is 0 Å². The highest BCUT2D eigenvalue weighted by Crippen LogP contribution is 2.24. The predicted molar refractivity (Wildman–Crippen MR) is 81.4 cm³/mol. The molecule has 1 saturated carbocycles. The fourth-order valence-electron chi connectivity index (χ4n) is 2.75. The number of hydrogen-bond donors (Lipinski definition) is 2. The van der Waals surface area contributed by atoms with E-state index in [0.29, 0.717) is 5.69 Å². The van der Waals surface area contributed by atoms with E-state index in [4.69, 9.17) is 5.11 Å². The van der Waals surface area contributed by atoms with Gasteiger partial charge in [0.15, 0.2) is 0 Å². The average molecular weight is 290 g/mol. The quantitative estimate of drug-likeness (QED) is 0.875. The third kappa shape index (κ3) is 4.21. The van der Waals surface area contributed by atoms with Gasteiger partial charge in [0.1, 0.15) is 6.54 Å². The zero-order valence-electron chi connectivity index (χ0n) is 12.3. The summed E-state index contributed by atoms with van der Waals surface area (Å²) in [6.07, 6.45) is 4.82. The molecule has 2 N–H and O–H groups in total. The minimum Gasteiger partial charge on any atom is -0.480 e. The summed E-state index contributed by atoms with van der Waals surface area (Å²) in [4.78, 5) is 24.8. The molecule has 2 rings (SSSR count). The number of carboxylic acid groups (broad SMARTS) is 1. The average Bonchev–Trinajstić information content (AvgIpc) is 2.99. The Balaban J connectivity index is 2.04. The van der Waals surface area contributed by atoms with Gasteiger partial charge >= 0.3 is 12.0 Å². The minimum atomic E-state index is -0.974. The molecule has 0 spiro atoms. The maximum Gasteiger partial charge on any atom is 0.323 e. The fraction of sp³-hybridized carbons (Fsp3) is 0.500. The van der Waals surface area contributed by atoms with Crippen LogP contribution in [-0.4, -0.2) is 34.6 Å². The summed E-state index contributed by atoms with van der Waals surface area (Å²) in [6.45, 7) is 1.83. The lowest BCUT2D eigenvalue weighted by atomic mass is 10.1. The SMILES string of the molecule is CCc1ccc(NC(=O)N(CC(=O)O)C2CCCC2)cc1. The van der Waals surface area contributed by atoms with E-state index in [0.717, 1.165) is 32.1 Å². The molecular formula is C16H22N2O3. The zero-order valence-corrected chi connectivity index (χ0v) is 12.3. The van der Waals surface area contributed by atoms with E-state index in [1.165, 1.54) is 10.5 Å². The van der Waals surface area contributed by atoms with Crippen molar-refractivity contribution in [3.63, 3.8) is 0 Å².